The second kappa shape index (κ2) is 10.7. The summed E-state index contributed by atoms with van der Waals surface area (Å²) in [6.07, 6.45) is 1.28. The van der Waals surface area contributed by atoms with Crippen LogP contribution in [0.5, 0.6) is 17.2 Å². The van der Waals surface area contributed by atoms with Gasteiger partial charge in [-0.3, -0.25) is 9.59 Å². The van der Waals surface area contributed by atoms with Crippen LogP contribution in [0.25, 0.3) is 11.1 Å². The summed E-state index contributed by atoms with van der Waals surface area (Å²) in [6.45, 7) is 2.08. The number of ether oxygens (including phenoxy) is 3. The number of methoxy groups -OCH3 is 3. The Morgan fingerprint density at radius 1 is 1.00 bits per heavy atom. The predicted molar refractivity (Wildman–Crippen MR) is 141 cm³/mol. The largest absolute Gasteiger partial charge is 0.493 e. The third-order valence-electron chi connectivity index (χ3n) is 6.57. The molecule has 36 heavy (non-hydrogen) atoms. The lowest BCUT2D eigenvalue weighted by molar-refractivity contribution is -0.119. The number of benzene rings is 2. The highest BCUT2D eigenvalue weighted by Crippen LogP contribution is 2.50. The normalized spacial score (nSPS) is 14.1. The van der Waals surface area contributed by atoms with Gasteiger partial charge in [-0.2, -0.15) is 0 Å². The summed E-state index contributed by atoms with van der Waals surface area (Å²) in [5.74, 6) is 1.44. The summed E-state index contributed by atoms with van der Waals surface area (Å²) >= 11 is 0. The zero-order chi connectivity index (χ0) is 25.8. The predicted octanol–water partition coefficient (Wildman–Crippen LogP) is 4.50. The third-order valence-corrected chi connectivity index (χ3v) is 6.57. The first-order valence-corrected chi connectivity index (χ1v) is 11.9. The fourth-order valence-electron chi connectivity index (χ4n) is 4.96. The number of carbonyl (C=O) groups is 1. The maximum absolute atomic E-state index is 13.5. The molecule has 0 radical (unpaired) electrons. The van der Waals surface area contributed by atoms with Crippen molar-refractivity contribution in [2.45, 2.75) is 32.4 Å². The van der Waals surface area contributed by atoms with E-state index in [1.54, 1.807) is 27.4 Å². The molecule has 188 valence electrons. The van der Waals surface area contributed by atoms with Crippen molar-refractivity contribution in [3.63, 3.8) is 0 Å². The van der Waals surface area contributed by atoms with E-state index in [2.05, 4.69) is 5.32 Å². The summed E-state index contributed by atoms with van der Waals surface area (Å²) in [5.41, 5.74) is 4.95. The second-order valence-corrected chi connectivity index (χ2v) is 8.91. The molecule has 0 bridgehead atoms. The van der Waals surface area contributed by atoms with Crippen molar-refractivity contribution in [2.75, 3.05) is 33.3 Å². The number of hydrogen-bond acceptors (Lipinski definition) is 6. The van der Waals surface area contributed by atoms with Crippen molar-refractivity contribution in [1.82, 2.24) is 5.32 Å². The van der Waals surface area contributed by atoms with Gasteiger partial charge in [-0.1, -0.05) is 36.4 Å². The van der Waals surface area contributed by atoms with Crippen LogP contribution >= 0.6 is 0 Å². The Bertz CT molecular complexity index is 1320. The molecule has 7 nitrogen and oxygen atoms in total. The van der Waals surface area contributed by atoms with Gasteiger partial charge in [0.25, 0.3) is 0 Å². The number of amides is 1. The monoisotopic (exact) mass is 488 g/mol. The van der Waals surface area contributed by atoms with Crippen molar-refractivity contribution < 1.29 is 19.0 Å². The zero-order valence-electron chi connectivity index (χ0n) is 21.4. The highest BCUT2D eigenvalue weighted by molar-refractivity contribution is 5.83. The van der Waals surface area contributed by atoms with Crippen molar-refractivity contribution in [3.8, 4) is 28.4 Å². The minimum atomic E-state index is -0.334. The first kappa shape index (κ1) is 25.1. The third kappa shape index (κ3) is 4.87. The van der Waals surface area contributed by atoms with E-state index in [9.17, 15) is 9.59 Å². The van der Waals surface area contributed by atoms with Crippen molar-refractivity contribution >= 4 is 11.6 Å². The topological polar surface area (TPSA) is 77.1 Å². The molecular formula is C29H32N2O5. The lowest BCUT2D eigenvalue weighted by Crippen LogP contribution is -2.27. The summed E-state index contributed by atoms with van der Waals surface area (Å²) in [6, 6.07) is 17.1. The fourth-order valence-corrected chi connectivity index (χ4v) is 4.96. The summed E-state index contributed by atoms with van der Waals surface area (Å²) < 4.78 is 17.1. The van der Waals surface area contributed by atoms with Crippen LogP contribution in [0.15, 0.2) is 59.4 Å². The van der Waals surface area contributed by atoms with Crippen LogP contribution in [0.2, 0.25) is 0 Å². The standard InChI is InChI=1S/C29H32N2O5/c1-18(32)30-23-13-11-20-15-26(34-3)28(35-4)29(36-5)27(20)21-12-14-24(25(33)16-22(21)23)31(2)17-19-9-7-6-8-10-19/h6-10,12,14-16,23H,11,13,17H2,1-5H3,(H,30,32). The van der Waals surface area contributed by atoms with Gasteiger partial charge in [-0.15, -0.1) is 0 Å². The molecule has 3 aromatic rings. The first-order chi connectivity index (χ1) is 17.4. The smallest absolute Gasteiger partial charge is 0.217 e. The molecule has 0 aliphatic heterocycles. The lowest BCUT2D eigenvalue weighted by Gasteiger charge is -2.19. The van der Waals surface area contributed by atoms with Crippen LogP contribution in [-0.2, 0) is 17.8 Å². The van der Waals surface area contributed by atoms with Gasteiger partial charge >= 0.3 is 0 Å². The molecule has 0 saturated heterocycles. The molecule has 4 rings (SSSR count). The van der Waals surface area contributed by atoms with Crippen LogP contribution in [0.1, 0.15) is 36.1 Å². The molecule has 0 heterocycles. The van der Waals surface area contributed by atoms with Gasteiger partial charge in [0.15, 0.2) is 11.5 Å². The number of aryl methyl sites for hydroxylation is 1. The second-order valence-electron chi connectivity index (χ2n) is 8.91. The van der Waals surface area contributed by atoms with E-state index in [-0.39, 0.29) is 17.4 Å². The molecule has 1 amide bonds. The van der Waals surface area contributed by atoms with Gasteiger partial charge in [0.2, 0.25) is 17.1 Å². The average Bonchev–Trinajstić information content (AvgIpc) is 3.12. The molecule has 3 aromatic carbocycles. The minimum absolute atomic E-state index is 0.118. The van der Waals surface area contributed by atoms with Crippen LogP contribution in [0.4, 0.5) is 5.69 Å². The number of rotatable bonds is 7. The Kier molecular flexibility index (Phi) is 7.48. The Balaban J connectivity index is 1.95. The molecule has 0 fully saturated rings. The SMILES string of the molecule is COc1cc2c(c(OC)c1OC)-c1ccc(N(C)Cc3ccccc3)c(=O)cc1C(NC(C)=O)CC2. The number of nitrogens with zero attached hydrogens (tertiary/aromatic N) is 1. The summed E-state index contributed by atoms with van der Waals surface area (Å²) in [7, 11) is 6.66. The maximum atomic E-state index is 13.5. The van der Waals surface area contributed by atoms with Gasteiger partial charge < -0.3 is 24.4 Å². The number of fused-ring (bicyclic) bond motifs is 3. The molecule has 1 aliphatic rings. The first-order valence-electron chi connectivity index (χ1n) is 11.9. The minimum Gasteiger partial charge on any atom is -0.493 e. The van der Waals surface area contributed by atoms with Crippen LogP contribution < -0.4 is 29.9 Å². The molecule has 1 unspecified atom stereocenters. The number of nitrogens with one attached hydrogen (secondary N) is 1. The molecule has 0 spiro atoms. The van der Waals surface area contributed by atoms with E-state index >= 15 is 0 Å². The number of carbonyl (C=O) groups excluding carboxylic acids is 1. The Morgan fingerprint density at radius 3 is 2.36 bits per heavy atom. The number of hydrogen-bond donors (Lipinski definition) is 1. The highest BCUT2D eigenvalue weighted by atomic mass is 16.5. The average molecular weight is 489 g/mol. The molecule has 1 N–H and O–H groups in total. The fraction of sp³-hybridized carbons (Fsp3) is 0.310. The Labute approximate surface area is 211 Å². The van der Waals surface area contributed by atoms with E-state index < -0.39 is 0 Å². The molecule has 0 saturated carbocycles. The maximum Gasteiger partial charge on any atom is 0.217 e. The van der Waals surface area contributed by atoms with E-state index in [0.29, 0.717) is 42.3 Å². The highest BCUT2D eigenvalue weighted by Gasteiger charge is 2.29. The molecular weight excluding hydrogens is 456 g/mol. The molecule has 1 aliphatic carbocycles. The van der Waals surface area contributed by atoms with E-state index in [4.69, 9.17) is 14.2 Å². The zero-order valence-corrected chi connectivity index (χ0v) is 21.4. The molecule has 7 heteroatoms. The Hall–Kier alpha value is -4.00. The Morgan fingerprint density at radius 2 is 1.72 bits per heavy atom. The van der Waals surface area contributed by atoms with Crippen molar-refractivity contribution in [1.29, 1.82) is 0 Å². The quantitative estimate of drug-likeness (QED) is 0.528. The van der Waals surface area contributed by atoms with Gasteiger partial charge in [-0.25, -0.2) is 0 Å². The van der Waals surface area contributed by atoms with Gasteiger partial charge in [-0.05, 0) is 53.3 Å². The molecule has 0 aromatic heterocycles. The van der Waals surface area contributed by atoms with Crippen molar-refractivity contribution in [2.24, 2.45) is 0 Å². The van der Waals surface area contributed by atoms with Crippen LogP contribution in [-0.4, -0.2) is 34.3 Å². The number of anilines is 1. The van der Waals surface area contributed by atoms with E-state index in [1.807, 2.05) is 60.5 Å². The van der Waals surface area contributed by atoms with E-state index in [0.717, 1.165) is 27.8 Å². The summed E-state index contributed by atoms with van der Waals surface area (Å²) in [5, 5.41) is 3.04. The van der Waals surface area contributed by atoms with Crippen molar-refractivity contribution in [3.05, 3.63) is 81.5 Å². The summed E-state index contributed by atoms with van der Waals surface area (Å²) in [4.78, 5) is 27.6. The van der Waals surface area contributed by atoms with Gasteiger partial charge in [0, 0.05) is 26.1 Å². The molecule has 1 atom stereocenters. The lowest BCUT2D eigenvalue weighted by atomic mass is 9.95. The van der Waals surface area contributed by atoms with E-state index in [1.165, 1.54) is 6.92 Å². The van der Waals surface area contributed by atoms with Crippen LogP contribution in [0, 0.1) is 0 Å². The van der Waals surface area contributed by atoms with Gasteiger partial charge in [0.05, 0.1) is 33.1 Å². The van der Waals surface area contributed by atoms with Crippen LogP contribution in [0.3, 0.4) is 0 Å². The van der Waals surface area contributed by atoms with Gasteiger partial charge in [0.1, 0.15) is 0 Å².